The predicted octanol–water partition coefficient (Wildman–Crippen LogP) is 2.58. The molecule has 2 aromatic heterocycles. The van der Waals surface area contributed by atoms with Gasteiger partial charge >= 0.3 is 5.97 Å². The van der Waals surface area contributed by atoms with E-state index < -0.39 is 11.9 Å². The first kappa shape index (κ1) is 19.3. The second-order valence-electron chi connectivity index (χ2n) is 6.95. The normalized spacial score (nSPS) is 11.1. The van der Waals surface area contributed by atoms with Crippen LogP contribution >= 0.6 is 0 Å². The van der Waals surface area contributed by atoms with Gasteiger partial charge in [0.25, 0.3) is 11.5 Å². The van der Waals surface area contributed by atoms with Gasteiger partial charge in [0.05, 0.1) is 11.9 Å². The molecule has 0 saturated heterocycles. The van der Waals surface area contributed by atoms with Crippen LogP contribution < -0.4 is 10.9 Å². The van der Waals surface area contributed by atoms with Crippen LogP contribution in [-0.2, 0) is 13.1 Å². The summed E-state index contributed by atoms with van der Waals surface area (Å²) in [6.07, 6.45) is 0. The fourth-order valence-electron chi connectivity index (χ4n) is 2.97. The molecule has 0 saturated carbocycles. The lowest BCUT2D eigenvalue weighted by Crippen LogP contribution is -2.31. The summed E-state index contributed by atoms with van der Waals surface area (Å²) in [5.74, 6) is -0.788. The first-order valence-corrected chi connectivity index (χ1v) is 8.88. The van der Waals surface area contributed by atoms with Crippen LogP contribution in [-0.4, -0.2) is 26.8 Å². The highest BCUT2D eigenvalue weighted by Gasteiger charge is 2.18. The summed E-state index contributed by atoms with van der Waals surface area (Å²) < 4.78 is 6.68. The number of carbonyl (C=O) groups excluding carboxylic acids is 1. The summed E-state index contributed by atoms with van der Waals surface area (Å²) in [4.78, 5) is 36.5. The highest BCUT2D eigenvalue weighted by molar-refractivity contribution is 6.04. The van der Waals surface area contributed by atoms with Gasteiger partial charge in [-0.05, 0) is 25.0 Å². The molecule has 0 aliphatic heterocycles. The van der Waals surface area contributed by atoms with Crippen LogP contribution in [0.15, 0.2) is 39.5 Å². The lowest BCUT2D eigenvalue weighted by molar-refractivity contribution is 0.0694. The molecular weight excluding hydrogens is 362 g/mol. The van der Waals surface area contributed by atoms with Gasteiger partial charge in [-0.3, -0.25) is 9.59 Å². The number of aromatic nitrogens is 2. The molecule has 0 unspecified atom stereocenters. The van der Waals surface area contributed by atoms with E-state index in [1.165, 1.54) is 10.7 Å². The number of amides is 1. The van der Waals surface area contributed by atoms with Gasteiger partial charge in [0.15, 0.2) is 5.69 Å². The zero-order valence-corrected chi connectivity index (χ0v) is 15.9. The molecule has 28 heavy (non-hydrogen) atoms. The van der Waals surface area contributed by atoms with E-state index >= 15 is 0 Å². The minimum Gasteiger partial charge on any atom is -0.478 e. The van der Waals surface area contributed by atoms with Crippen molar-refractivity contribution in [2.45, 2.75) is 33.9 Å². The lowest BCUT2D eigenvalue weighted by Gasteiger charge is -2.12. The number of benzene rings is 1. The minimum absolute atomic E-state index is 0.00622. The second kappa shape index (κ2) is 7.67. The van der Waals surface area contributed by atoms with Gasteiger partial charge < -0.3 is 14.8 Å². The average molecular weight is 383 g/mol. The Morgan fingerprint density at radius 2 is 1.93 bits per heavy atom. The molecule has 1 aromatic carbocycles. The Hall–Kier alpha value is -3.42. The number of aryl methyl sites for hydroxylation is 1. The Morgan fingerprint density at radius 1 is 1.25 bits per heavy atom. The topological polar surface area (TPSA) is 114 Å². The largest absolute Gasteiger partial charge is 0.478 e. The summed E-state index contributed by atoms with van der Waals surface area (Å²) in [6.45, 7) is 5.87. The lowest BCUT2D eigenvalue weighted by atomic mass is 10.1. The number of aromatic carboxylic acids is 1. The van der Waals surface area contributed by atoms with Gasteiger partial charge in [0.2, 0.25) is 0 Å². The fraction of sp³-hybridized carbons (Fsp3) is 0.300. The molecule has 0 atom stereocenters. The number of nitrogens with zero attached hydrogens (tertiary/aromatic N) is 2. The summed E-state index contributed by atoms with van der Waals surface area (Å²) in [6, 6.07) is 8.20. The Morgan fingerprint density at radius 3 is 2.54 bits per heavy atom. The van der Waals surface area contributed by atoms with Crippen molar-refractivity contribution in [2.75, 3.05) is 0 Å². The van der Waals surface area contributed by atoms with Crippen molar-refractivity contribution >= 4 is 22.6 Å². The third-order valence-corrected chi connectivity index (χ3v) is 4.24. The third kappa shape index (κ3) is 3.80. The maximum atomic E-state index is 12.8. The molecule has 0 fully saturated rings. The van der Waals surface area contributed by atoms with Crippen molar-refractivity contribution < 1.29 is 19.1 Å². The summed E-state index contributed by atoms with van der Waals surface area (Å²) in [5, 5.41) is 16.9. The molecule has 0 radical (unpaired) electrons. The standard InChI is InChI=1S/C20H21N3O5/c1-11(2)10-23-19(25)15-7-5-4-6-14(15)17(22-23)18(24)21-9-13-8-16(20(26)27)12(3)28-13/h4-8,11H,9-10H2,1-3H3,(H,21,24)(H,26,27). The van der Waals surface area contributed by atoms with Gasteiger partial charge in [0.1, 0.15) is 17.1 Å². The Labute approximate surface area is 160 Å². The molecule has 8 nitrogen and oxygen atoms in total. The minimum atomic E-state index is -1.09. The van der Waals surface area contributed by atoms with Crippen molar-refractivity contribution in [1.82, 2.24) is 15.1 Å². The summed E-state index contributed by atoms with van der Waals surface area (Å²) in [5.41, 5.74) is -0.0514. The number of carbonyl (C=O) groups is 2. The van der Waals surface area contributed by atoms with E-state index in [9.17, 15) is 14.4 Å². The number of fused-ring (bicyclic) bond motifs is 1. The van der Waals surface area contributed by atoms with E-state index in [1.54, 1.807) is 31.2 Å². The quantitative estimate of drug-likeness (QED) is 0.676. The number of carboxylic acid groups (broad SMARTS) is 1. The highest BCUT2D eigenvalue weighted by Crippen LogP contribution is 2.16. The first-order chi connectivity index (χ1) is 13.3. The molecule has 8 heteroatoms. The number of hydrogen-bond acceptors (Lipinski definition) is 5. The zero-order chi connectivity index (χ0) is 20.4. The van der Waals surface area contributed by atoms with E-state index in [0.717, 1.165) is 0 Å². The number of nitrogens with one attached hydrogen (secondary N) is 1. The zero-order valence-electron chi connectivity index (χ0n) is 15.9. The molecule has 2 heterocycles. The van der Waals surface area contributed by atoms with Gasteiger partial charge in [-0.2, -0.15) is 5.10 Å². The molecule has 0 aliphatic rings. The summed E-state index contributed by atoms with van der Waals surface area (Å²) >= 11 is 0. The van der Waals surface area contributed by atoms with Crippen LogP contribution in [0.1, 0.15) is 46.2 Å². The molecule has 0 spiro atoms. The van der Waals surface area contributed by atoms with Crippen molar-refractivity contribution in [3.05, 3.63) is 63.5 Å². The van der Waals surface area contributed by atoms with Crippen LogP contribution in [0.25, 0.3) is 10.8 Å². The molecule has 3 aromatic rings. The van der Waals surface area contributed by atoms with Crippen molar-refractivity contribution in [3.8, 4) is 0 Å². The third-order valence-electron chi connectivity index (χ3n) is 4.24. The monoisotopic (exact) mass is 383 g/mol. The van der Waals surface area contributed by atoms with Crippen molar-refractivity contribution in [2.24, 2.45) is 5.92 Å². The summed E-state index contributed by atoms with van der Waals surface area (Å²) in [7, 11) is 0. The number of furan rings is 1. The Balaban J connectivity index is 1.92. The smallest absolute Gasteiger partial charge is 0.339 e. The van der Waals surface area contributed by atoms with Crippen LogP contribution in [0, 0.1) is 12.8 Å². The molecule has 146 valence electrons. The van der Waals surface area contributed by atoms with Crippen molar-refractivity contribution in [1.29, 1.82) is 0 Å². The predicted molar refractivity (Wildman–Crippen MR) is 102 cm³/mol. The Kier molecular flexibility index (Phi) is 5.30. The molecule has 0 aliphatic carbocycles. The molecule has 2 N–H and O–H groups in total. The molecular formula is C20H21N3O5. The van der Waals surface area contributed by atoms with Gasteiger partial charge in [0, 0.05) is 11.9 Å². The molecule has 1 amide bonds. The van der Waals surface area contributed by atoms with Crippen molar-refractivity contribution in [3.63, 3.8) is 0 Å². The maximum absolute atomic E-state index is 12.8. The van der Waals surface area contributed by atoms with Crippen LogP contribution in [0.4, 0.5) is 0 Å². The second-order valence-corrected chi connectivity index (χ2v) is 6.95. The van der Waals surface area contributed by atoms with E-state index in [-0.39, 0.29) is 35.0 Å². The number of hydrogen-bond donors (Lipinski definition) is 2. The molecule has 3 rings (SSSR count). The fourth-order valence-corrected chi connectivity index (χ4v) is 2.97. The van der Waals surface area contributed by atoms with E-state index in [2.05, 4.69) is 10.4 Å². The average Bonchev–Trinajstić information content (AvgIpc) is 3.03. The highest BCUT2D eigenvalue weighted by atomic mass is 16.4. The maximum Gasteiger partial charge on any atom is 0.339 e. The van der Waals surface area contributed by atoms with Gasteiger partial charge in [-0.1, -0.05) is 32.0 Å². The van der Waals surface area contributed by atoms with Crippen LogP contribution in [0.5, 0.6) is 0 Å². The first-order valence-electron chi connectivity index (χ1n) is 8.88. The molecule has 0 bridgehead atoms. The van der Waals surface area contributed by atoms with E-state index in [1.807, 2.05) is 13.8 Å². The number of rotatable bonds is 6. The Bertz CT molecular complexity index is 1110. The van der Waals surface area contributed by atoms with E-state index in [0.29, 0.717) is 23.1 Å². The van der Waals surface area contributed by atoms with E-state index in [4.69, 9.17) is 9.52 Å². The van der Waals surface area contributed by atoms with Gasteiger partial charge in [-0.25, -0.2) is 9.48 Å². The van der Waals surface area contributed by atoms with Crippen LogP contribution in [0.2, 0.25) is 0 Å². The van der Waals surface area contributed by atoms with Gasteiger partial charge in [-0.15, -0.1) is 0 Å². The number of carboxylic acids is 1. The van der Waals surface area contributed by atoms with Crippen LogP contribution in [0.3, 0.4) is 0 Å². The SMILES string of the molecule is Cc1oc(CNC(=O)c2nn(CC(C)C)c(=O)c3ccccc23)cc1C(=O)O.